The van der Waals surface area contributed by atoms with Gasteiger partial charge in [0.25, 0.3) is 5.56 Å². The average Bonchev–Trinajstić information content (AvgIpc) is 3.00. The van der Waals surface area contributed by atoms with Crippen molar-refractivity contribution in [2.45, 2.75) is 14.6 Å². The van der Waals surface area contributed by atoms with E-state index in [0.29, 0.717) is 19.6 Å². The number of carbonyl (C=O) groups excluding carboxylic acids is 1. The van der Waals surface area contributed by atoms with Crippen molar-refractivity contribution in [2.24, 2.45) is 5.73 Å². The molecule has 0 atom stereocenters. The van der Waals surface area contributed by atoms with Crippen molar-refractivity contribution in [3.63, 3.8) is 0 Å². The molecule has 0 aliphatic rings. The van der Waals surface area contributed by atoms with Crippen LogP contribution in [0.5, 0.6) is 0 Å². The average molecular weight is 366 g/mol. The number of amides is 1. The van der Waals surface area contributed by atoms with Crippen LogP contribution in [0.2, 0.25) is 0 Å². The third kappa shape index (κ3) is 3.86. The van der Waals surface area contributed by atoms with Crippen molar-refractivity contribution >= 4 is 51.7 Å². The van der Waals surface area contributed by atoms with Gasteiger partial charge < -0.3 is 5.73 Å². The highest BCUT2D eigenvalue weighted by molar-refractivity contribution is 8.03. The van der Waals surface area contributed by atoms with E-state index < -0.39 is 5.91 Å². The van der Waals surface area contributed by atoms with E-state index in [1.807, 2.05) is 6.07 Å². The first-order valence-electron chi connectivity index (χ1n) is 6.33. The second-order valence-corrected chi connectivity index (χ2v) is 7.67. The molecule has 11 heteroatoms. The molecule has 2 aromatic heterocycles. The molecule has 0 fully saturated rings. The van der Waals surface area contributed by atoms with E-state index in [9.17, 15) is 9.59 Å². The van der Waals surface area contributed by atoms with Crippen molar-refractivity contribution in [1.29, 1.82) is 0 Å². The second kappa shape index (κ2) is 7.06. The molecule has 1 amide bonds. The molecule has 0 saturated heterocycles. The first-order chi connectivity index (χ1) is 11.1. The molecule has 3 aromatic rings. The third-order valence-corrected chi connectivity index (χ3v) is 5.84. The Balaban J connectivity index is 1.70. The summed E-state index contributed by atoms with van der Waals surface area (Å²) < 4.78 is 2.62. The molecule has 0 bridgehead atoms. The monoisotopic (exact) mass is 366 g/mol. The Morgan fingerprint density at radius 3 is 2.70 bits per heavy atom. The lowest BCUT2D eigenvalue weighted by molar-refractivity contribution is -0.115. The number of benzene rings is 1. The maximum atomic E-state index is 12.3. The predicted molar refractivity (Wildman–Crippen MR) is 89.5 cm³/mol. The molecule has 2 N–H and O–H groups in total. The zero-order valence-corrected chi connectivity index (χ0v) is 14.0. The Morgan fingerprint density at radius 2 is 1.91 bits per heavy atom. The number of thioether (sulfide) groups is 2. The van der Waals surface area contributed by atoms with E-state index in [4.69, 9.17) is 5.73 Å². The Bertz CT molecular complexity index is 909. The summed E-state index contributed by atoms with van der Waals surface area (Å²) in [5.41, 5.74) is 5.45. The minimum atomic E-state index is -0.405. The van der Waals surface area contributed by atoms with Gasteiger partial charge in [0.1, 0.15) is 5.52 Å². The smallest absolute Gasteiger partial charge is 0.278 e. The lowest BCUT2D eigenvalue weighted by Crippen LogP contribution is -2.23. The van der Waals surface area contributed by atoms with Crippen LogP contribution in [-0.2, 0) is 10.7 Å². The number of nitrogens with two attached hydrogens (primary N) is 1. The molecule has 0 aliphatic heterocycles. The molecule has 0 radical (unpaired) electrons. The normalized spacial score (nSPS) is 11.0. The van der Waals surface area contributed by atoms with Crippen LogP contribution in [0.3, 0.4) is 0 Å². The van der Waals surface area contributed by atoms with E-state index in [-0.39, 0.29) is 17.2 Å². The number of fused-ring (bicyclic) bond motifs is 1. The van der Waals surface area contributed by atoms with Crippen molar-refractivity contribution in [1.82, 2.24) is 25.2 Å². The fraction of sp³-hybridized carbons (Fsp3) is 0.167. The van der Waals surface area contributed by atoms with Crippen LogP contribution in [0.1, 0.15) is 0 Å². The van der Waals surface area contributed by atoms with Gasteiger partial charge in [-0.2, -0.15) is 4.68 Å². The number of nitrogens with zero attached hydrogens (tertiary/aromatic N) is 5. The van der Waals surface area contributed by atoms with Gasteiger partial charge in [-0.3, -0.25) is 9.59 Å². The minimum Gasteiger partial charge on any atom is -0.369 e. The second-order valence-electron chi connectivity index (χ2n) is 4.27. The Morgan fingerprint density at radius 1 is 1.17 bits per heavy atom. The zero-order valence-electron chi connectivity index (χ0n) is 11.6. The highest BCUT2D eigenvalue weighted by Gasteiger charge is 2.09. The van der Waals surface area contributed by atoms with Crippen LogP contribution < -0.4 is 11.3 Å². The van der Waals surface area contributed by atoms with Crippen molar-refractivity contribution < 1.29 is 4.79 Å². The zero-order chi connectivity index (χ0) is 16.2. The highest BCUT2D eigenvalue weighted by atomic mass is 32.2. The summed E-state index contributed by atoms with van der Waals surface area (Å²) in [5, 5.41) is 16.4. The molecular weight excluding hydrogens is 356 g/mol. The third-order valence-electron chi connectivity index (χ3n) is 2.67. The van der Waals surface area contributed by atoms with Crippen LogP contribution in [0.25, 0.3) is 10.9 Å². The Hall–Kier alpha value is -1.98. The van der Waals surface area contributed by atoms with Gasteiger partial charge in [-0.1, -0.05) is 52.2 Å². The summed E-state index contributed by atoms with van der Waals surface area (Å²) in [4.78, 5) is 23.0. The molecule has 118 valence electrons. The lowest BCUT2D eigenvalue weighted by atomic mass is 10.2. The topological polar surface area (TPSA) is 117 Å². The Kier molecular flexibility index (Phi) is 4.88. The molecule has 3 rings (SSSR count). The summed E-state index contributed by atoms with van der Waals surface area (Å²) in [6.07, 6.45) is 0. The van der Waals surface area contributed by atoms with Crippen LogP contribution in [0.4, 0.5) is 0 Å². The molecule has 8 nitrogen and oxygen atoms in total. The number of hydrogen-bond acceptors (Lipinski definition) is 9. The molecule has 0 unspecified atom stereocenters. The fourth-order valence-corrected chi connectivity index (χ4v) is 4.29. The lowest BCUT2D eigenvalue weighted by Gasteiger charge is -2.02. The molecular formula is C12H10N6O2S3. The predicted octanol–water partition coefficient (Wildman–Crippen LogP) is 0.970. The molecule has 1 aromatic carbocycles. The standard InChI is InChI=1S/C12H10N6O2S3/c13-9(19)5-21-11-15-16-12(23-11)22-6-18-10(20)7-3-1-2-4-8(7)14-17-18/h1-4H,5-6H2,(H2,13,19). The summed E-state index contributed by atoms with van der Waals surface area (Å²) in [6, 6.07) is 7.06. The number of carbonyl (C=O) groups is 1. The van der Waals surface area contributed by atoms with Gasteiger partial charge in [0.05, 0.1) is 17.0 Å². The van der Waals surface area contributed by atoms with Crippen molar-refractivity contribution in [3.8, 4) is 0 Å². The molecule has 0 saturated carbocycles. The van der Waals surface area contributed by atoms with Gasteiger partial charge in [-0.25, -0.2) is 0 Å². The quantitative estimate of drug-likeness (QED) is 0.641. The van der Waals surface area contributed by atoms with Crippen LogP contribution in [-0.4, -0.2) is 36.9 Å². The van der Waals surface area contributed by atoms with E-state index in [2.05, 4.69) is 20.5 Å². The van der Waals surface area contributed by atoms with Gasteiger partial charge in [0.2, 0.25) is 5.91 Å². The SMILES string of the molecule is NC(=O)CSc1nnc(SCn2nnc3ccccc3c2=O)s1. The first-order valence-corrected chi connectivity index (χ1v) is 9.12. The fourth-order valence-electron chi connectivity index (χ4n) is 1.67. The van der Waals surface area contributed by atoms with E-state index in [1.54, 1.807) is 18.2 Å². The van der Waals surface area contributed by atoms with Crippen LogP contribution >= 0.6 is 34.9 Å². The van der Waals surface area contributed by atoms with Gasteiger partial charge >= 0.3 is 0 Å². The maximum absolute atomic E-state index is 12.3. The highest BCUT2D eigenvalue weighted by Crippen LogP contribution is 2.28. The summed E-state index contributed by atoms with van der Waals surface area (Å²) in [7, 11) is 0. The number of primary amides is 1. The van der Waals surface area contributed by atoms with Gasteiger partial charge in [-0.15, -0.1) is 15.3 Å². The number of aromatic nitrogens is 5. The number of hydrogen-bond donors (Lipinski definition) is 1. The largest absolute Gasteiger partial charge is 0.369 e. The van der Waals surface area contributed by atoms with Gasteiger partial charge in [0, 0.05) is 0 Å². The van der Waals surface area contributed by atoms with Crippen LogP contribution in [0.15, 0.2) is 37.7 Å². The number of rotatable bonds is 6. The van der Waals surface area contributed by atoms with E-state index >= 15 is 0 Å². The van der Waals surface area contributed by atoms with E-state index in [0.717, 1.165) is 0 Å². The molecule has 23 heavy (non-hydrogen) atoms. The van der Waals surface area contributed by atoms with Crippen LogP contribution in [0, 0.1) is 0 Å². The van der Waals surface area contributed by atoms with Crippen molar-refractivity contribution in [2.75, 3.05) is 5.75 Å². The Labute approximate surface area is 142 Å². The van der Waals surface area contributed by atoms with Gasteiger partial charge in [-0.05, 0) is 12.1 Å². The molecule has 0 aliphatic carbocycles. The van der Waals surface area contributed by atoms with Gasteiger partial charge in [0.15, 0.2) is 8.68 Å². The summed E-state index contributed by atoms with van der Waals surface area (Å²) in [6.45, 7) is 0. The first kappa shape index (κ1) is 15.9. The van der Waals surface area contributed by atoms with Crippen molar-refractivity contribution in [3.05, 3.63) is 34.6 Å². The molecule has 0 spiro atoms. The summed E-state index contributed by atoms with van der Waals surface area (Å²) >= 11 is 3.90. The molecule has 2 heterocycles. The minimum absolute atomic E-state index is 0.162. The summed E-state index contributed by atoms with van der Waals surface area (Å²) in [5.74, 6) is 0.0399. The van der Waals surface area contributed by atoms with E-state index in [1.165, 1.54) is 39.5 Å². The maximum Gasteiger partial charge on any atom is 0.278 e.